The molecule has 2 aromatic heterocycles. The van der Waals surface area contributed by atoms with Gasteiger partial charge in [0.05, 0.1) is 54.2 Å². The number of carbonyl (C=O) groups is 2. The van der Waals surface area contributed by atoms with Gasteiger partial charge in [0.1, 0.15) is 0 Å². The molecule has 50 heavy (non-hydrogen) atoms. The summed E-state index contributed by atoms with van der Waals surface area (Å²) in [6.07, 6.45) is -11.8. The summed E-state index contributed by atoms with van der Waals surface area (Å²) in [5.41, 5.74) is -3.06. The third-order valence-electron chi connectivity index (χ3n) is 7.57. The number of carboxylic acid groups (broad SMARTS) is 1. The van der Waals surface area contributed by atoms with Crippen molar-refractivity contribution in [3.8, 4) is 11.6 Å². The van der Waals surface area contributed by atoms with Gasteiger partial charge in [-0.15, -0.1) is 0 Å². The van der Waals surface area contributed by atoms with E-state index in [1.54, 1.807) is 19.1 Å². The SMILES string of the molecule is CCOC(=O)N1c2ccc(OC)nc2[C@@H](Nc2ncc(OC(CCO)C(=O)O)c(Cc3cc(C(F)(F)F)cc(C(F)(F)F)c3)n2)C[C@H]1CC.[NaH]. The van der Waals surface area contributed by atoms with Crippen molar-refractivity contribution in [2.45, 2.75) is 70.1 Å². The molecule has 4 rings (SSSR count). The number of aromatic nitrogens is 3. The van der Waals surface area contributed by atoms with Crippen LogP contribution in [0.1, 0.15) is 67.2 Å². The predicted octanol–water partition coefficient (Wildman–Crippen LogP) is 5.37. The molecule has 0 bridgehead atoms. The van der Waals surface area contributed by atoms with Crippen molar-refractivity contribution in [2.75, 3.05) is 30.5 Å². The van der Waals surface area contributed by atoms with Gasteiger partial charge in [0.2, 0.25) is 11.8 Å². The van der Waals surface area contributed by atoms with E-state index in [1.165, 1.54) is 12.0 Å². The number of anilines is 2. The number of carbonyl (C=O) groups excluding carboxylic acids is 1. The van der Waals surface area contributed by atoms with Crippen molar-refractivity contribution in [3.63, 3.8) is 0 Å². The quantitative estimate of drug-likeness (QED) is 0.163. The molecular formula is C31H34F6N5NaO7. The molecule has 0 radical (unpaired) electrons. The topological polar surface area (TPSA) is 156 Å². The van der Waals surface area contributed by atoms with E-state index in [0.717, 1.165) is 6.20 Å². The molecule has 1 amide bonds. The van der Waals surface area contributed by atoms with E-state index in [4.69, 9.17) is 14.2 Å². The molecule has 0 spiro atoms. The number of rotatable bonds is 12. The molecule has 3 N–H and O–H groups in total. The van der Waals surface area contributed by atoms with Gasteiger partial charge in [-0.25, -0.2) is 24.5 Å². The number of carboxylic acids is 1. The molecule has 0 aliphatic carbocycles. The Bertz CT molecular complexity index is 1630. The van der Waals surface area contributed by atoms with E-state index >= 15 is 0 Å². The van der Waals surface area contributed by atoms with E-state index in [-0.39, 0.29) is 71.9 Å². The Morgan fingerprint density at radius 1 is 1.06 bits per heavy atom. The van der Waals surface area contributed by atoms with Crippen molar-refractivity contribution in [1.29, 1.82) is 0 Å². The fourth-order valence-corrected chi connectivity index (χ4v) is 5.30. The third-order valence-corrected chi connectivity index (χ3v) is 7.57. The summed E-state index contributed by atoms with van der Waals surface area (Å²) in [6, 6.07) is 3.13. The molecule has 1 unspecified atom stereocenters. The third kappa shape index (κ3) is 9.67. The molecule has 3 aromatic rings. The minimum absolute atomic E-state index is 0. The number of amides is 1. The molecule has 3 atom stereocenters. The van der Waals surface area contributed by atoms with Crippen molar-refractivity contribution >= 4 is 53.3 Å². The van der Waals surface area contributed by atoms with E-state index in [1.807, 2.05) is 6.92 Å². The van der Waals surface area contributed by atoms with Gasteiger partial charge in [0, 0.05) is 31.6 Å². The van der Waals surface area contributed by atoms with Gasteiger partial charge in [-0.05, 0) is 49.6 Å². The maximum absolute atomic E-state index is 13.6. The Morgan fingerprint density at radius 2 is 1.72 bits per heavy atom. The van der Waals surface area contributed by atoms with Gasteiger partial charge in [-0.2, -0.15) is 26.3 Å². The van der Waals surface area contributed by atoms with E-state index in [2.05, 4.69) is 20.3 Å². The zero-order chi connectivity index (χ0) is 36.1. The fraction of sp³-hybridized carbons (Fsp3) is 0.452. The number of aliphatic hydroxyl groups is 1. The molecule has 1 aliphatic heterocycles. The number of ether oxygens (including phenoxy) is 3. The second kappa shape index (κ2) is 16.9. The minimum atomic E-state index is -5.11. The van der Waals surface area contributed by atoms with Crippen LogP contribution in [-0.4, -0.2) is 99.3 Å². The Balaban J connectivity index is 0.00000676. The monoisotopic (exact) mass is 725 g/mol. The summed E-state index contributed by atoms with van der Waals surface area (Å²) < 4.78 is 97.7. The van der Waals surface area contributed by atoms with Gasteiger partial charge >= 0.3 is 54.0 Å². The number of halogens is 6. The number of aliphatic carboxylic acids is 1. The predicted molar refractivity (Wildman–Crippen MR) is 168 cm³/mol. The first-order chi connectivity index (χ1) is 23.1. The second-order valence-corrected chi connectivity index (χ2v) is 10.9. The fourth-order valence-electron chi connectivity index (χ4n) is 5.30. The maximum atomic E-state index is 13.6. The summed E-state index contributed by atoms with van der Waals surface area (Å²) in [6.45, 7) is 3.03. The van der Waals surface area contributed by atoms with E-state index < -0.39 is 78.7 Å². The first-order valence-electron chi connectivity index (χ1n) is 15.0. The Kier molecular flexibility index (Phi) is 13.7. The van der Waals surface area contributed by atoms with Crippen LogP contribution >= 0.6 is 0 Å². The van der Waals surface area contributed by atoms with Crippen molar-refractivity contribution < 1.29 is 60.4 Å². The average Bonchev–Trinajstić information content (AvgIpc) is 3.04. The van der Waals surface area contributed by atoms with Crippen LogP contribution in [0.4, 0.5) is 42.8 Å². The molecule has 19 heteroatoms. The number of hydrogen-bond donors (Lipinski definition) is 3. The first kappa shape index (κ1) is 40.6. The van der Waals surface area contributed by atoms with Gasteiger partial charge in [-0.3, -0.25) is 4.90 Å². The van der Waals surface area contributed by atoms with Crippen LogP contribution in [0.15, 0.2) is 36.5 Å². The molecule has 1 aromatic carbocycles. The van der Waals surface area contributed by atoms with Crippen molar-refractivity contribution in [1.82, 2.24) is 15.0 Å². The van der Waals surface area contributed by atoms with Crippen LogP contribution in [0, 0.1) is 0 Å². The van der Waals surface area contributed by atoms with Crippen LogP contribution < -0.4 is 19.7 Å². The Hall–Kier alpha value is -3.87. The van der Waals surface area contributed by atoms with E-state index in [0.29, 0.717) is 29.9 Å². The first-order valence-corrected chi connectivity index (χ1v) is 15.0. The average molecular weight is 726 g/mol. The molecule has 1 aliphatic rings. The number of methoxy groups -OCH3 is 1. The Labute approximate surface area is 304 Å². The summed E-state index contributed by atoms with van der Waals surface area (Å²) in [7, 11) is 1.39. The number of nitrogens with one attached hydrogen (secondary N) is 1. The van der Waals surface area contributed by atoms with Gasteiger partial charge in [0.15, 0.2) is 11.9 Å². The molecule has 3 heterocycles. The number of pyridine rings is 1. The number of benzene rings is 1. The number of hydrogen-bond acceptors (Lipinski definition) is 10. The molecule has 0 saturated carbocycles. The molecule has 12 nitrogen and oxygen atoms in total. The second-order valence-electron chi connectivity index (χ2n) is 10.9. The Morgan fingerprint density at radius 3 is 2.26 bits per heavy atom. The number of aliphatic hydroxyl groups excluding tert-OH is 1. The zero-order valence-electron chi connectivity index (χ0n) is 26.4. The van der Waals surface area contributed by atoms with E-state index in [9.17, 15) is 46.1 Å². The molecule has 0 saturated heterocycles. The van der Waals surface area contributed by atoms with Crippen LogP contribution in [-0.2, 0) is 28.3 Å². The summed E-state index contributed by atoms with van der Waals surface area (Å²) in [5, 5.41) is 21.9. The normalized spacial score (nSPS) is 16.5. The van der Waals surface area contributed by atoms with Gasteiger partial charge in [0.25, 0.3) is 0 Å². The van der Waals surface area contributed by atoms with Crippen LogP contribution in [0.2, 0.25) is 0 Å². The summed E-state index contributed by atoms with van der Waals surface area (Å²) >= 11 is 0. The molecule has 268 valence electrons. The molecule has 0 fully saturated rings. The number of fused-ring (bicyclic) bond motifs is 1. The molecular weight excluding hydrogens is 691 g/mol. The van der Waals surface area contributed by atoms with Gasteiger partial charge in [-0.1, -0.05) is 6.92 Å². The van der Waals surface area contributed by atoms with Crippen LogP contribution in [0.3, 0.4) is 0 Å². The summed E-state index contributed by atoms with van der Waals surface area (Å²) in [4.78, 5) is 39.2. The van der Waals surface area contributed by atoms with Gasteiger partial charge < -0.3 is 29.7 Å². The van der Waals surface area contributed by atoms with Crippen LogP contribution in [0.5, 0.6) is 11.6 Å². The zero-order valence-corrected chi connectivity index (χ0v) is 26.4. The van der Waals surface area contributed by atoms with Crippen molar-refractivity contribution in [2.24, 2.45) is 0 Å². The number of alkyl halides is 6. The summed E-state index contributed by atoms with van der Waals surface area (Å²) in [5.74, 6) is -1.78. The standard InChI is InChI=1S/C31H33F6N5O7.Na.H/c1-4-19-14-21(26-22(6-7-25(41-26)47-3)42(19)29(46)48-5-2)40-28-38-15-24(49-23(8-9-43)27(44)45)20(39-28)12-16-10-17(30(32,33)34)13-18(11-16)31(35,36)37;;/h6-7,10-11,13,15,19,21,23,43H,4-5,8-9,12,14H2,1-3H3,(H,44,45)(H,38,39,40);;/t19-,21+,23?;;/m1../s1. The van der Waals surface area contributed by atoms with Crippen LogP contribution in [0.25, 0.3) is 0 Å². The number of nitrogens with zero attached hydrogens (tertiary/aromatic N) is 4. The van der Waals surface area contributed by atoms with Crippen molar-refractivity contribution in [3.05, 3.63) is 64.6 Å².